The van der Waals surface area contributed by atoms with Gasteiger partial charge in [-0.05, 0) is 25.1 Å². The van der Waals surface area contributed by atoms with Crippen molar-refractivity contribution < 1.29 is 9.57 Å². The van der Waals surface area contributed by atoms with Crippen LogP contribution >= 0.6 is 0 Å². The molecule has 19 heavy (non-hydrogen) atoms. The number of hydroxylamine groups is 2. The molecule has 1 aromatic heterocycles. The highest BCUT2D eigenvalue weighted by Crippen LogP contribution is 2.42. The number of pyridine rings is 1. The van der Waals surface area contributed by atoms with Crippen LogP contribution in [0.25, 0.3) is 10.9 Å². The van der Waals surface area contributed by atoms with Gasteiger partial charge in [0, 0.05) is 23.9 Å². The number of aryl methyl sites for hydroxylation is 1. The summed E-state index contributed by atoms with van der Waals surface area (Å²) in [6, 6.07) is 8.77. The molecule has 0 N–H and O–H groups in total. The molecule has 0 saturated carbocycles. The van der Waals surface area contributed by atoms with Crippen molar-refractivity contribution in [2.24, 2.45) is 5.92 Å². The Hall–Kier alpha value is -1.65. The second kappa shape index (κ2) is 3.92. The zero-order valence-electron chi connectivity index (χ0n) is 11.1. The third kappa shape index (κ3) is 1.64. The maximum atomic E-state index is 5.81. The molecule has 2 aliphatic rings. The van der Waals surface area contributed by atoms with Gasteiger partial charge >= 0.3 is 0 Å². The molecule has 0 radical (unpaired) electrons. The van der Waals surface area contributed by atoms with Crippen LogP contribution in [0.3, 0.4) is 0 Å². The van der Waals surface area contributed by atoms with E-state index in [9.17, 15) is 0 Å². The van der Waals surface area contributed by atoms with Gasteiger partial charge in [-0.1, -0.05) is 11.6 Å². The first-order chi connectivity index (χ1) is 9.22. The lowest BCUT2D eigenvalue weighted by Gasteiger charge is -2.29. The summed E-state index contributed by atoms with van der Waals surface area (Å²) in [5, 5.41) is 3.11. The average Bonchev–Trinajstić information content (AvgIpc) is 2.78. The van der Waals surface area contributed by atoms with Gasteiger partial charge in [0.05, 0.1) is 24.8 Å². The molecule has 2 atom stereocenters. The fourth-order valence-electron chi connectivity index (χ4n) is 3.08. The van der Waals surface area contributed by atoms with Gasteiger partial charge in [-0.15, -0.1) is 0 Å². The summed E-state index contributed by atoms with van der Waals surface area (Å²) in [7, 11) is 1.99. The van der Waals surface area contributed by atoms with Gasteiger partial charge in [0.1, 0.15) is 0 Å². The number of hydrogen-bond donors (Lipinski definition) is 0. The van der Waals surface area contributed by atoms with Crippen molar-refractivity contribution in [1.29, 1.82) is 0 Å². The molecule has 0 bridgehead atoms. The van der Waals surface area contributed by atoms with Crippen LogP contribution in [0.4, 0.5) is 0 Å². The predicted molar refractivity (Wildman–Crippen MR) is 71.9 cm³/mol. The molecule has 4 nitrogen and oxygen atoms in total. The molecule has 4 heteroatoms. The van der Waals surface area contributed by atoms with Crippen molar-refractivity contribution in [3.05, 3.63) is 35.4 Å². The van der Waals surface area contributed by atoms with Crippen molar-refractivity contribution in [1.82, 2.24) is 10.0 Å². The Morgan fingerprint density at radius 2 is 2.16 bits per heavy atom. The van der Waals surface area contributed by atoms with Crippen LogP contribution < -0.4 is 4.74 Å². The number of aromatic nitrogens is 1. The Kier molecular flexibility index (Phi) is 2.31. The van der Waals surface area contributed by atoms with Crippen LogP contribution in [0, 0.1) is 12.8 Å². The van der Waals surface area contributed by atoms with Crippen molar-refractivity contribution in [2.45, 2.75) is 13.0 Å². The lowest BCUT2D eigenvalue weighted by atomic mass is 9.92. The standard InChI is InChI=1S/C15H16N2O2/c1-9-3-4-13-10(5-9)6-12-14-11(8-19-17(14)2)7-18-15(12)16-13/h3-6,11,14H,7-8H2,1-2H3/t11-,14+/m1/s1. The summed E-state index contributed by atoms with van der Waals surface area (Å²) in [6.07, 6.45) is 0. The van der Waals surface area contributed by atoms with E-state index >= 15 is 0 Å². The first-order valence-corrected chi connectivity index (χ1v) is 6.62. The van der Waals surface area contributed by atoms with Crippen molar-refractivity contribution in [2.75, 3.05) is 20.3 Å². The van der Waals surface area contributed by atoms with Gasteiger partial charge in [0.25, 0.3) is 0 Å². The van der Waals surface area contributed by atoms with Crippen molar-refractivity contribution in [3.63, 3.8) is 0 Å². The fraction of sp³-hybridized carbons (Fsp3) is 0.400. The molecule has 0 spiro atoms. The number of benzene rings is 1. The Balaban J connectivity index is 1.92. The monoisotopic (exact) mass is 256 g/mol. The minimum Gasteiger partial charge on any atom is -0.477 e. The van der Waals surface area contributed by atoms with E-state index in [1.54, 1.807) is 0 Å². The number of hydrogen-bond acceptors (Lipinski definition) is 4. The van der Waals surface area contributed by atoms with Crippen molar-refractivity contribution in [3.8, 4) is 5.88 Å². The molecule has 0 unspecified atom stereocenters. The van der Waals surface area contributed by atoms with Crippen LogP contribution in [0.1, 0.15) is 17.2 Å². The maximum Gasteiger partial charge on any atom is 0.218 e. The van der Waals surface area contributed by atoms with Crippen LogP contribution in [-0.4, -0.2) is 30.3 Å². The molecular formula is C15H16N2O2. The first kappa shape index (κ1) is 11.2. The van der Waals surface area contributed by atoms with E-state index in [2.05, 4.69) is 36.2 Å². The minimum absolute atomic E-state index is 0.265. The average molecular weight is 256 g/mol. The molecule has 1 aromatic carbocycles. The van der Waals surface area contributed by atoms with E-state index in [0.29, 0.717) is 12.5 Å². The van der Waals surface area contributed by atoms with Crippen LogP contribution in [0.15, 0.2) is 24.3 Å². The Morgan fingerprint density at radius 1 is 1.26 bits per heavy atom. The highest BCUT2D eigenvalue weighted by atomic mass is 16.7. The summed E-state index contributed by atoms with van der Waals surface area (Å²) in [5.41, 5.74) is 3.39. The molecule has 0 amide bonds. The molecule has 1 fully saturated rings. The van der Waals surface area contributed by atoms with E-state index < -0.39 is 0 Å². The quantitative estimate of drug-likeness (QED) is 0.725. The normalized spacial score (nSPS) is 26.0. The molecule has 2 aliphatic heterocycles. The van der Waals surface area contributed by atoms with Crippen LogP contribution in [0.2, 0.25) is 0 Å². The molecule has 98 valence electrons. The largest absolute Gasteiger partial charge is 0.477 e. The first-order valence-electron chi connectivity index (χ1n) is 6.62. The molecule has 0 aliphatic carbocycles. The zero-order chi connectivity index (χ0) is 13.0. The van der Waals surface area contributed by atoms with Gasteiger partial charge in [-0.25, -0.2) is 4.98 Å². The van der Waals surface area contributed by atoms with Gasteiger partial charge in [-0.2, -0.15) is 5.06 Å². The Bertz CT molecular complexity index is 656. The van der Waals surface area contributed by atoms with E-state index in [0.717, 1.165) is 23.6 Å². The highest BCUT2D eigenvalue weighted by molar-refractivity contribution is 5.81. The van der Waals surface area contributed by atoms with E-state index in [-0.39, 0.29) is 6.04 Å². The lowest BCUT2D eigenvalue weighted by Crippen LogP contribution is -2.29. The van der Waals surface area contributed by atoms with E-state index in [1.165, 1.54) is 10.9 Å². The zero-order valence-corrected chi connectivity index (χ0v) is 11.1. The summed E-state index contributed by atoms with van der Waals surface area (Å²) >= 11 is 0. The summed E-state index contributed by atoms with van der Waals surface area (Å²) in [4.78, 5) is 10.3. The molecule has 2 aromatic rings. The number of fused-ring (bicyclic) bond motifs is 4. The van der Waals surface area contributed by atoms with Gasteiger partial charge in [0.2, 0.25) is 5.88 Å². The number of nitrogens with zero attached hydrogens (tertiary/aromatic N) is 2. The predicted octanol–water partition coefficient (Wildman–Crippen LogP) is 2.47. The fourth-order valence-corrected chi connectivity index (χ4v) is 3.08. The minimum atomic E-state index is 0.265. The van der Waals surface area contributed by atoms with Gasteiger partial charge < -0.3 is 4.74 Å². The second-order valence-corrected chi connectivity index (χ2v) is 5.44. The SMILES string of the molecule is Cc1ccc2nc3c(cc2c1)[C@@H]1[C@H](CO3)CON1C. The summed E-state index contributed by atoms with van der Waals surface area (Å²) in [5.74, 6) is 1.16. The van der Waals surface area contributed by atoms with Crippen LogP contribution in [-0.2, 0) is 4.84 Å². The van der Waals surface area contributed by atoms with E-state index in [4.69, 9.17) is 9.57 Å². The maximum absolute atomic E-state index is 5.81. The molecule has 3 heterocycles. The highest BCUT2D eigenvalue weighted by Gasteiger charge is 2.40. The summed E-state index contributed by atoms with van der Waals surface area (Å²) in [6.45, 7) is 3.52. The Labute approximate surface area is 111 Å². The van der Waals surface area contributed by atoms with Gasteiger partial charge in [0.15, 0.2) is 0 Å². The van der Waals surface area contributed by atoms with Crippen LogP contribution in [0.5, 0.6) is 5.88 Å². The third-order valence-corrected chi connectivity index (χ3v) is 4.05. The lowest BCUT2D eigenvalue weighted by molar-refractivity contribution is -0.111. The topological polar surface area (TPSA) is 34.6 Å². The molecule has 1 saturated heterocycles. The number of ether oxygens (including phenoxy) is 1. The molecule has 4 rings (SSSR count). The smallest absolute Gasteiger partial charge is 0.218 e. The van der Waals surface area contributed by atoms with E-state index in [1.807, 2.05) is 12.1 Å². The summed E-state index contributed by atoms with van der Waals surface area (Å²) < 4.78 is 5.81. The van der Waals surface area contributed by atoms with Gasteiger partial charge in [-0.3, -0.25) is 4.84 Å². The number of rotatable bonds is 0. The molecular weight excluding hydrogens is 240 g/mol. The van der Waals surface area contributed by atoms with Crippen molar-refractivity contribution >= 4 is 10.9 Å². The Morgan fingerprint density at radius 3 is 3.05 bits per heavy atom. The third-order valence-electron chi connectivity index (χ3n) is 4.05. The second-order valence-electron chi connectivity index (χ2n) is 5.44.